The molecule has 0 bridgehead atoms. The summed E-state index contributed by atoms with van der Waals surface area (Å²) in [6.07, 6.45) is 1.84. The summed E-state index contributed by atoms with van der Waals surface area (Å²) in [6, 6.07) is 6.14. The van der Waals surface area contributed by atoms with Crippen molar-refractivity contribution in [1.29, 1.82) is 0 Å². The molecule has 4 nitrogen and oxygen atoms in total. The molecule has 1 N–H and O–H groups in total. The first kappa shape index (κ1) is 16.1. The van der Waals surface area contributed by atoms with E-state index in [-0.39, 0.29) is 6.10 Å². The van der Waals surface area contributed by atoms with Crippen molar-refractivity contribution >= 4 is 0 Å². The number of nitrogens with zero attached hydrogens (tertiary/aromatic N) is 1. The van der Waals surface area contributed by atoms with E-state index in [1.807, 2.05) is 13.0 Å². The second kappa shape index (κ2) is 7.66. The number of methoxy groups -OCH3 is 1. The predicted molar refractivity (Wildman–Crippen MR) is 83.8 cm³/mol. The quantitative estimate of drug-likeness (QED) is 0.839. The van der Waals surface area contributed by atoms with Gasteiger partial charge in [-0.3, -0.25) is 4.90 Å². The van der Waals surface area contributed by atoms with Gasteiger partial charge in [-0.05, 0) is 49.9 Å². The van der Waals surface area contributed by atoms with Crippen LogP contribution in [0.5, 0.6) is 11.5 Å². The van der Waals surface area contributed by atoms with Crippen molar-refractivity contribution in [3.63, 3.8) is 0 Å². The summed E-state index contributed by atoms with van der Waals surface area (Å²) < 4.78 is 11.1. The third-order valence-corrected chi connectivity index (χ3v) is 4.09. The number of aliphatic hydroxyl groups is 1. The van der Waals surface area contributed by atoms with Crippen molar-refractivity contribution in [2.75, 3.05) is 26.8 Å². The molecule has 0 radical (unpaired) electrons. The molecule has 0 amide bonds. The van der Waals surface area contributed by atoms with Crippen molar-refractivity contribution in [1.82, 2.24) is 4.90 Å². The maximum atomic E-state index is 9.68. The molecule has 21 heavy (non-hydrogen) atoms. The lowest BCUT2D eigenvalue weighted by Crippen LogP contribution is -2.24. The number of ether oxygens (including phenoxy) is 2. The summed E-state index contributed by atoms with van der Waals surface area (Å²) in [5.74, 6) is 2.01. The van der Waals surface area contributed by atoms with Crippen LogP contribution in [0.1, 0.15) is 32.3 Å². The lowest BCUT2D eigenvalue weighted by Gasteiger charge is -2.18. The molecule has 1 aromatic rings. The van der Waals surface area contributed by atoms with Gasteiger partial charge in [0.1, 0.15) is 0 Å². The standard InChI is InChI=1S/C17H27NO3/c1-4-9-21-17-10-14(5-6-16(17)20-3)11-18-8-7-15(12-18)13(2)19/h5-6,10,13,15,19H,4,7-9,11-12H2,1-3H3. The Balaban J connectivity index is 2.00. The SMILES string of the molecule is CCCOc1cc(CN2CCC(C(C)O)C2)ccc1OC. The van der Waals surface area contributed by atoms with Crippen LogP contribution in [0.2, 0.25) is 0 Å². The van der Waals surface area contributed by atoms with Gasteiger partial charge in [-0.1, -0.05) is 13.0 Å². The van der Waals surface area contributed by atoms with E-state index in [4.69, 9.17) is 9.47 Å². The largest absolute Gasteiger partial charge is 0.493 e. The van der Waals surface area contributed by atoms with E-state index in [9.17, 15) is 5.11 Å². The Morgan fingerprint density at radius 3 is 2.81 bits per heavy atom. The number of hydrogen-bond donors (Lipinski definition) is 1. The van der Waals surface area contributed by atoms with Crippen molar-refractivity contribution < 1.29 is 14.6 Å². The molecule has 1 aromatic carbocycles. The summed E-state index contributed by atoms with van der Waals surface area (Å²) in [5.41, 5.74) is 1.23. The van der Waals surface area contributed by atoms with Gasteiger partial charge in [0.2, 0.25) is 0 Å². The fraction of sp³-hybridized carbons (Fsp3) is 0.647. The van der Waals surface area contributed by atoms with Crippen LogP contribution in [-0.4, -0.2) is 42.9 Å². The monoisotopic (exact) mass is 293 g/mol. The van der Waals surface area contributed by atoms with Crippen LogP contribution < -0.4 is 9.47 Å². The number of likely N-dealkylation sites (tertiary alicyclic amines) is 1. The number of rotatable bonds is 7. The first-order chi connectivity index (χ1) is 10.1. The second-order valence-corrected chi connectivity index (χ2v) is 5.86. The molecule has 1 aliphatic rings. The average Bonchev–Trinajstić information content (AvgIpc) is 2.94. The summed E-state index contributed by atoms with van der Waals surface area (Å²) in [6.45, 7) is 7.60. The van der Waals surface area contributed by atoms with Gasteiger partial charge in [0.15, 0.2) is 11.5 Å². The fourth-order valence-electron chi connectivity index (χ4n) is 2.80. The normalized spacial score (nSPS) is 20.5. The Morgan fingerprint density at radius 1 is 1.38 bits per heavy atom. The molecule has 2 rings (SSSR count). The molecular weight excluding hydrogens is 266 g/mol. The zero-order valence-electron chi connectivity index (χ0n) is 13.3. The minimum Gasteiger partial charge on any atom is -0.493 e. The van der Waals surface area contributed by atoms with Gasteiger partial charge >= 0.3 is 0 Å². The van der Waals surface area contributed by atoms with Crippen LogP contribution in [0.15, 0.2) is 18.2 Å². The Hall–Kier alpha value is -1.26. The fourth-order valence-corrected chi connectivity index (χ4v) is 2.80. The third kappa shape index (κ3) is 4.35. The zero-order valence-corrected chi connectivity index (χ0v) is 13.3. The summed E-state index contributed by atoms with van der Waals surface area (Å²) in [4.78, 5) is 2.39. The van der Waals surface area contributed by atoms with Gasteiger partial charge < -0.3 is 14.6 Å². The maximum Gasteiger partial charge on any atom is 0.161 e. The molecule has 118 valence electrons. The van der Waals surface area contributed by atoms with Crippen LogP contribution in [0.4, 0.5) is 0 Å². The van der Waals surface area contributed by atoms with Gasteiger partial charge in [0.05, 0.1) is 19.8 Å². The van der Waals surface area contributed by atoms with Gasteiger partial charge in [0.25, 0.3) is 0 Å². The van der Waals surface area contributed by atoms with E-state index >= 15 is 0 Å². The van der Waals surface area contributed by atoms with Gasteiger partial charge in [-0.2, -0.15) is 0 Å². The molecular formula is C17H27NO3. The lowest BCUT2D eigenvalue weighted by atomic mass is 10.0. The Kier molecular flexibility index (Phi) is 5.88. The van der Waals surface area contributed by atoms with E-state index in [0.717, 1.165) is 44.0 Å². The predicted octanol–water partition coefficient (Wildman–Crippen LogP) is 2.69. The van der Waals surface area contributed by atoms with Crippen LogP contribution in [0, 0.1) is 5.92 Å². The lowest BCUT2D eigenvalue weighted by molar-refractivity contribution is 0.127. The van der Waals surface area contributed by atoms with E-state index in [1.54, 1.807) is 7.11 Å². The molecule has 1 saturated heterocycles. The van der Waals surface area contributed by atoms with Crippen LogP contribution in [0.3, 0.4) is 0 Å². The van der Waals surface area contributed by atoms with Gasteiger partial charge in [-0.15, -0.1) is 0 Å². The second-order valence-electron chi connectivity index (χ2n) is 5.86. The molecule has 0 aromatic heterocycles. The van der Waals surface area contributed by atoms with E-state index in [2.05, 4.69) is 24.0 Å². The topological polar surface area (TPSA) is 41.9 Å². The highest BCUT2D eigenvalue weighted by atomic mass is 16.5. The Morgan fingerprint density at radius 2 is 2.19 bits per heavy atom. The number of aliphatic hydroxyl groups excluding tert-OH is 1. The average molecular weight is 293 g/mol. The molecule has 1 aliphatic heterocycles. The Bertz CT molecular complexity index is 448. The molecule has 1 heterocycles. The molecule has 4 heteroatoms. The van der Waals surface area contributed by atoms with Gasteiger partial charge in [0, 0.05) is 13.1 Å². The first-order valence-electron chi connectivity index (χ1n) is 7.84. The Labute approximate surface area is 127 Å². The third-order valence-electron chi connectivity index (χ3n) is 4.09. The van der Waals surface area contributed by atoms with E-state index in [1.165, 1.54) is 5.56 Å². The highest BCUT2D eigenvalue weighted by Gasteiger charge is 2.25. The number of benzene rings is 1. The molecule has 0 aliphatic carbocycles. The molecule has 1 fully saturated rings. The van der Waals surface area contributed by atoms with Gasteiger partial charge in [-0.25, -0.2) is 0 Å². The van der Waals surface area contributed by atoms with Crippen molar-refractivity contribution in [2.24, 2.45) is 5.92 Å². The molecule has 0 spiro atoms. The van der Waals surface area contributed by atoms with E-state index in [0.29, 0.717) is 12.5 Å². The smallest absolute Gasteiger partial charge is 0.161 e. The van der Waals surface area contributed by atoms with Crippen LogP contribution in [0.25, 0.3) is 0 Å². The van der Waals surface area contributed by atoms with Crippen molar-refractivity contribution in [3.8, 4) is 11.5 Å². The van der Waals surface area contributed by atoms with Crippen molar-refractivity contribution in [2.45, 2.75) is 39.3 Å². The molecule has 0 saturated carbocycles. The first-order valence-corrected chi connectivity index (χ1v) is 7.84. The van der Waals surface area contributed by atoms with Crippen molar-refractivity contribution in [3.05, 3.63) is 23.8 Å². The summed E-state index contributed by atoms with van der Waals surface area (Å²) in [7, 11) is 1.67. The summed E-state index contributed by atoms with van der Waals surface area (Å²) in [5, 5.41) is 9.68. The minimum absolute atomic E-state index is 0.214. The summed E-state index contributed by atoms with van der Waals surface area (Å²) >= 11 is 0. The zero-order chi connectivity index (χ0) is 15.2. The minimum atomic E-state index is -0.214. The van der Waals surface area contributed by atoms with Crippen LogP contribution in [-0.2, 0) is 6.54 Å². The highest BCUT2D eigenvalue weighted by molar-refractivity contribution is 5.43. The molecule has 2 atom stereocenters. The highest BCUT2D eigenvalue weighted by Crippen LogP contribution is 2.29. The molecule has 2 unspecified atom stereocenters. The van der Waals surface area contributed by atoms with E-state index < -0.39 is 0 Å². The van der Waals surface area contributed by atoms with Crippen LogP contribution >= 0.6 is 0 Å². The maximum absolute atomic E-state index is 9.68. The number of hydrogen-bond acceptors (Lipinski definition) is 4.